The van der Waals surface area contributed by atoms with Crippen molar-refractivity contribution in [1.29, 1.82) is 0 Å². The number of amides is 2. The van der Waals surface area contributed by atoms with E-state index in [0.717, 1.165) is 36.6 Å². The molecule has 0 bridgehead atoms. The van der Waals surface area contributed by atoms with E-state index in [-0.39, 0.29) is 6.03 Å². The van der Waals surface area contributed by atoms with Crippen molar-refractivity contribution in [2.45, 2.75) is 19.0 Å². The molecule has 5 heteroatoms. The van der Waals surface area contributed by atoms with Crippen LogP contribution in [0, 0.1) is 0 Å². The van der Waals surface area contributed by atoms with Gasteiger partial charge in [-0.15, -0.1) is 0 Å². The summed E-state index contributed by atoms with van der Waals surface area (Å²) in [5, 5.41) is 3.06. The van der Waals surface area contributed by atoms with Gasteiger partial charge in [-0.2, -0.15) is 11.8 Å². The fourth-order valence-corrected chi connectivity index (χ4v) is 3.60. The van der Waals surface area contributed by atoms with Crippen LogP contribution in [-0.2, 0) is 6.54 Å². The number of urea groups is 1. The standard InChI is InChI=1S/C16H25N3OS/c1-18(2)12-15-13-21-10-6-9-19(15)16(20)17-11-14-7-4-3-5-8-14/h3-5,7-8,15H,6,9-13H2,1-2H3,(H,17,20). The highest BCUT2D eigenvalue weighted by atomic mass is 32.2. The van der Waals surface area contributed by atoms with Crippen molar-refractivity contribution < 1.29 is 4.79 Å². The minimum atomic E-state index is 0.0632. The van der Waals surface area contributed by atoms with Crippen molar-refractivity contribution in [2.24, 2.45) is 0 Å². The summed E-state index contributed by atoms with van der Waals surface area (Å²) in [6.45, 7) is 2.37. The Balaban J connectivity index is 1.93. The third-order valence-electron chi connectivity index (χ3n) is 3.56. The van der Waals surface area contributed by atoms with E-state index in [1.165, 1.54) is 0 Å². The number of carbonyl (C=O) groups is 1. The summed E-state index contributed by atoms with van der Waals surface area (Å²) in [7, 11) is 4.13. The second-order valence-corrected chi connectivity index (χ2v) is 6.83. The van der Waals surface area contributed by atoms with E-state index < -0.39 is 0 Å². The van der Waals surface area contributed by atoms with Crippen molar-refractivity contribution in [1.82, 2.24) is 15.1 Å². The van der Waals surface area contributed by atoms with Gasteiger partial charge >= 0.3 is 6.03 Å². The van der Waals surface area contributed by atoms with E-state index in [0.29, 0.717) is 12.6 Å². The molecule has 116 valence electrons. The molecule has 4 nitrogen and oxygen atoms in total. The molecule has 1 aromatic carbocycles. The lowest BCUT2D eigenvalue weighted by molar-refractivity contribution is 0.168. The van der Waals surface area contributed by atoms with Gasteiger partial charge in [0, 0.05) is 25.4 Å². The van der Waals surface area contributed by atoms with Gasteiger partial charge in [-0.05, 0) is 31.8 Å². The van der Waals surface area contributed by atoms with Gasteiger partial charge in [0.25, 0.3) is 0 Å². The fourth-order valence-electron chi connectivity index (χ4n) is 2.54. The smallest absolute Gasteiger partial charge is 0.317 e. The predicted molar refractivity (Wildman–Crippen MR) is 89.7 cm³/mol. The van der Waals surface area contributed by atoms with Gasteiger partial charge in [-0.3, -0.25) is 0 Å². The fraction of sp³-hybridized carbons (Fsp3) is 0.562. The van der Waals surface area contributed by atoms with E-state index in [1.807, 2.05) is 47.0 Å². The van der Waals surface area contributed by atoms with Crippen LogP contribution in [0.5, 0.6) is 0 Å². The number of nitrogens with one attached hydrogen (secondary N) is 1. The highest BCUT2D eigenvalue weighted by Gasteiger charge is 2.25. The molecule has 1 unspecified atom stereocenters. The minimum absolute atomic E-state index is 0.0632. The first kappa shape index (κ1) is 16.2. The molecule has 1 heterocycles. The quantitative estimate of drug-likeness (QED) is 0.927. The molecule has 0 aromatic heterocycles. The zero-order valence-electron chi connectivity index (χ0n) is 12.9. The maximum Gasteiger partial charge on any atom is 0.317 e. The molecular weight excluding hydrogens is 282 g/mol. The van der Waals surface area contributed by atoms with Gasteiger partial charge in [0.05, 0.1) is 6.04 Å². The number of thioether (sulfide) groups is 1. The molecule has 21 heavy (non-hydrogen) atoms. The Morgan fingerprint density at radius 1 is 1.38 bits per heavy atom. The first-order valence-electron chi connectivity index (χ1n) is 7.47. The van der Waals surface area contributed by atoms with Crippen LogP contribution >= 0.6 is 11.8 Å². The van der Waals surface area contributed by atoms with Gasteiger partial charge in [0.15, 0.2) is 0 Å². The molecule has 1 fully saturated rings. The third kappa shape index (κ3) is 5.25. The Morgan fingerprint density at radius 2 is 2.14 bits per heavy atom. The summed E-state index contributed by atoms with van der Waals surface area (Å²) < 4.78 is 0. The van der Waals surface area contributed by atoms with Crippen molar-refractivity contribution in [3.63, 3.8) is 0 Å². The third-order valence-corrected chi connectivity index (χ3v) is 4.76. The molecule has 1 aromatic rings. The zero-order chi connectivity index (χ0) is 15.1. The lowest BCUT2D eigenvalue weighted by Crippen LogP contribution is -2.50. The van der Waals surface area contributed by atoms with Crippen LogP contribution in [0.25, 0.3) is 0 Å². The van der Waals surface area contributed by atoms with Crippen LogP contribution in [0.2, 0.25) is 0 Å². The second kappa shape index (κ2) is 8.29. The van der Waals surface area contributed by atoms with Crippen molar-refractivity contribution in [3.05, 3.63) is 35.9 Å². The summed E-state index contributed by atoms with van der Waals surface area (Å²) in [4.78, 5) is 16.7. The largest absolute Gasteiger partial charge is 0.334 e. The highest BCUT2D eigenvalue weighted by molar-refractivity contribution is 7.99. The number of carbonyl (C=O) groups excluding carboxylic acids is 1. The molecule has 0 radical (unpaired) electrons. The molecule has 2 rings (SSSR count). The summed E-state index contributed by atoms with van der Waals surface area (Å²) in [6.07, 6.45) is 1.08. The van der Waals surface area contributed by atoms with Crippen molar-refractivity contribution >= 4 is 17.8 Å². The number of rotatable bonds is 4. The van der Waals surface area contributed by atoms with Crippen molar-refractivity contribution in [3.8, 4) is 0 Å². The van der Waals surface area contributed by atoms with Crippen LogP contribution in [0.15, 0.2) is 30.3 Å². The Hall–Kier alpha value is -1.20. The van der Waals surface area contributed by atoms with Crippen molar-refractivity contribution in [2.75, 3.05) is 38.7 Å². The predicted octanol–water partition coefficient (Wildman–Crippen LogP) is 2.27. The summed E-state index contributed by atoms with van der Waals surface area (Å²) >= 11 is 1.95. The van der Waals surface area contributed by atoms with Gasteiger partial charge in [-0.25, -0.2) is 4.79 Å². The summed E-state index contributed by atoms with van der Waals surface area (Å²) in [5.41, 5.74) is 1.14. The molecule has 1 N–H and O–H groups in total. The SMILES string of the molecule is CN(C)CC1CSCCCN1C(=O)NCc1ccccc1. The Kier molecular flexibility index (Phi) is 6.39. The monoisotopic (exact) mass is 307 g/mol. The lowest BCUT2D eigenvalue weighted by atomic mass is 10.2. The maximum absolute atomic E-state index is 12.5. The Labute approximate surface area is 131 Å². The molecule has 0 aliphatic carbocycles. The molecule has 0 saturated carbocycles. The van der Waals surface area contributed by atoms with E-state index in [9.17, 15) is 4.79 Å². The second-order valence-electron chi connectivity index (χ2n) is 5.68. The number of likely N-dealkylation sites (N-methyl/N-ethyl adjacent to an activating group) is 1. The van der Waals surface area contributed by atoms with Crippen LogP contribution in [0.4, 0.5) is 4.79 Å². The Bertz CT molecular complexity index is 438. The van der Waals surface area contributed by atoms with E-state index in [2.05, 4.69) is 24.3 Å². The van der Waals surface area contributed by atoms with Gasteiger partial charge in [0.1, 0.15) is 0 Å². The maximum atomic E-state index is 12.5. The number of benzene rings is 1. The highest BCUT2D eigenvalue weighted by Crippen LogP contribution is 2.17. The lowest BCUT2D eigenvalue weighted by Gasteiger charge is -2.31. The molecule has 2 amide bonds. The average Bonchev–Trinajstić information content (AvgIpc) is 2.71. The number of nitrogens with zero attached hydrogens (tertiary/aromatic N) is 2. The number of hydrogen-bond acceptors (Lipinski definition) is 3. The first-order valence-corrected chi connectivity index (χ1v) is 8.63. The molecule has 1 aliphatic rings. The average molecular weight is 307 g/mol. The minimum Gasteiger partial charge on any atom is -0.334 e. The molecule has 1 aliphatic heterocycles. The molecule has 1 saturated heterocycles. The van der Waals surface area contributed by atoms with Crippen LogP contribution < -0.4 is 5.32 Å². The van der Waals surface area contributed by atoms with Gasteiger partial charge in [-0.1, -0.05) is 30.3 Å². The van der Waals surface area contributed by atoms with Gasteiger partial charge in [0.2, 0.25) is 0 Å². The normalized spacial score (nSPS) is 19.4. The van der Waals surface area contributed by atoms with E-state index >= 15 is 0 Å². The van der Waals surface area contributed by atoms with Gasteiger partial charge < -0.3 is 15.1 Å². The topological polar surface area (TPSA) is 35.6 Å². The first-order chi connectivity index (χ1) is 10.2. The zero-order valence-corrected chi connectivity index (χ0v) is 13.7. The van der Waals surface area contributed by atoms with Crippen LogP contribution in [0.1, 0.15) is 12.0 Å². The number of hydrogen-bond donors (Lipinski definition) is 1. The summed E-state index contributed by atoms with van der Waals surface area (Å²) in [6, 6.07) is 10.4. The van der Waals surface area contributed by atoms with Crippen LogP contribution in [-0.4, -0.2) is 60.6 Å². The molecule has 0 spiro atoms. The summed E-state index contributed by atoms with van der Waals surface area (Å²) in [5.74, 6) is 2.17. The molecular formula is C16H25N3OS. The van der Waals surface area contributed by atoms with E-state index in [1.54, 1.807) is 0 Å². The Morgan fingerprint density at radius 3 is 2.86 bits per heavy atom. The van der Waals surface area contributed by atoms with E-state index in [4.69, 9.17) is 0 Å². The van der Waals surface area contributed by atoms with Crippen LogP contribution in [0.3, 0.4) is 0 Å². The molecule has 1 atom stereocenters.